The van der Waals surface area contributed by atoms with E-state index >= 15 is 0 Å². The van der Waals surface area contributed by atoms with Crippen molar-refractivity contribution in [2.45, 2.75) is 38.6 Å². The number of nitrogens with two attached hydrogens (primary N) is 1. The highest BCUT2D eigenvalue weighted by molar-refractivity contribution is 5.40. The second-order valence-corrected chi connectivity index (χ2v) is 4.66. The molecule has 1 fully saturated rings. The summed E-state index contributed by atoms with van der Waals surface area (Å²) in [6.45, 7) is 3.24. The molecule has 88 valence electrons. The van der Waals surface area contributed by atoms with E-state index in [9.17, 15) is 0 Å². The van der Waals surface area contributed by atoms with Crippen LogP contribution < -0.4 is 11.1 Å². The molecule has 1 aromatic heterocycles. The number of nitrogens with zero attached hydrogens (tertiary/aromatic N) is 1. The zero-order valence-electron chi connectivity index (χ0n) is 9.95. The van der Waals surface area contributed by atoms with Crippen LogP contribution in [0.4, 0.5) is 5.82 Å². The van der Waals surface area contributed by atoms with Crippen molar-refractivity contribution in [3.63, 3.8) is 0 Å². The molecule has 16 heavy (non-hydrogen) atoms. The summed E-state index contributed by atoms with van der Waals surface area (Å²) < 4.78 is 0. The molecule has 1 aromatic rings. The highest BCUT2D eigenvalue weighted by Gasteiger charge is 2.26. The summed E-state index contributed by atoms with van der Waals surface area (Å²) in [4.78, 5) is 4.17. The van der Waals surface area contributed by atoms with Gasteiger partial charge < -0.3 is 11.1 Å². The Morgan fingerprint density at radius 2 is 2.38 bits per heavy atom. The molecule has 0 amide bonds. The first-order valence-corrected chi connectivity index (χ1v) is 6.25. The minimum absolute atomic E-state index is 0.390. The van der Waals surface area contributed by atoms with Gasteiger partial charge in [0.25, 0.3) is 0 Å². The molecule has 1 aliphatic carbocycles. The number of rotatable bonds is 6. The first-order valence-electron chi connectivity index (χ1n) is 6.25. The van der Waals surface area contributed by atoms with Gasteiger partial charge in [0.15, 0.2) is 0 Å². The summed E-state index contributed by atoms with van der Waals surface area (Å²) in [6, 6.07) is 4.46. The van der Waals surface area contributed by atoms with E-state index in [2.05, 4.69) is 23.3 Å². The summed E-state index contributed by atoms with van der Waals surface area (Å²) in [6.07, 6.45) is 6.87. The van der Waals surface area contributed by atoms with Gasteiger partial charge in [0, 0.05) is 17.8 Å². The van der Waals surface area contributed by atoms with Crippen molar-refractivity contribution in [3.8, 4) is 0 Å². The van der Waals surface area contributed by atoms with Crippen molar-refractivity contribution >= 4 is 5.82 Å². The van der Waals surface area contributed by atoms with Crippen LogP contribution in [0.1, 0.15) is 44.2 Å². The van der Waals surface area contributed by atoms with E-state index in [1.54, 1.807) is 6.20 Å². The van der Waals surface area contributed by atoms with Crippen LogP contribution in [0.5, 0.6) is 0 Å². The molecule has 1 atom stereocenters. The molecule has 3 heteroatoms. The zero-order chi connectivity index (χ0) is 11.4. The van der Waals surface area contributed by atoms with Crippen molar-refractivity contribution in [1.29, 1.82) is 0 Å². The van der Waals surface area contributed by atoms with E-state index in [0.29, 0.717) is 11.9 Å². The highest BCUT2D eigenvalue weighted by atomic mass is 14.9. The van der Waals surface area contributed by atoms with Crippen molar-refractivity contribution in [1.82, 2.24) is 10.3 Å². The Labute approximate surface area is 97.5 Å². The Kier molecular flexibility index (Phi) is 3.78. The molecular formula is C13H21N3. The van der Waals surface area contributed by atoms with Crippen molar-refractivity contribution in [2.75, 3.05) is 12.3 Å². The van der Waals surface area contributed by atoms with E-state index < -0.39 is 0 Å². The first-order chi connectivity index (χ1) is 7.81. The van der Waals surface area contributed by atoms with Crippen molar-refractivity contribution in [3.05, 3.63) is 23.9 Å². The summed E-state index contributed by atoms with van der Waals surface area (Å²) in [7, 11) is 0. The lowest BCUT2D eigenvalue weighted by Crippen LogP contribution is -2.23. The third kappa shape index (κ3) is 2.95. The monoisotopic (exact) mass is 219 g/mol. The molecule has 1 aliphatic rings. The third-order valence-electron chi connectivity index (χ3n) is 3.15. The lowest BCUT2D eigenvalue weighted by molar-refractivity contribution is 0.474. The number of anilines is 1. The maximum atomic E-state index is 5.94. The maximum absolute atomic E-state index is 5.94. The van der Waals surface area contributed by atoms with E-state index in [4.69, 9.17) is 5.73 Å². The molecule has 3 nitrogen and oxygen atoms in total. The van der Waals surface area contributed by atoms with E-state index in [0.717, 1.165) is 18.9 Å². The van der Waals surface area contributed by atoms with Crippen LogP contribution in [0.25, 0.3) is 0 Å². The summed E-state index contributed by atoms with van der Waals surface area (Å²) >= 11 is 0. The molecule has 0 bridgehead atoms. The molecule has 1 heterocycles. The molecule has 0 saturated heterocycles. The van der Waals surface area contributed by atoms with Crippen LogP contribution in [-0.4, -0.2) is 11.5 Å². The molecule has 0 aliphatic heterocycles. The number of pyridine rings is 1. The van der Waals surface area contributed by atoms with Gasteiger partial charge in [-0.2, -0.15) is 0 Å². The summed E-state index contributed by atoms with van der Waals surface area (Å²) in [5, 5.41) is 3.58. The summed E-state index contributed by atoms with van der Waals surface area (Å²) in [5.74, 6) is 1.57. The van der Waals surface area contributed by atoms with Crippen LogP contribution >= 0.6 is 0 Å². The second-order valence-electron chi connectivity index (χ2n) is 4.66. The fourth-order valence-corrected chi connectivity index (χ4v) is 2.05. The topological polar surface area (TPSA) is 50.9 Å². The minimum atomic E-state index is 0.390. The Bertz CT molecular complexity index is 334. The van der Waals surface area contributed by atoms with E-state index in [-0.39, 0.29) is 0 Å². The van der Waals surface area contributed by atoms with Gasteiger partial charge in [-0.25, -0.2) is 4.98 Å². The molecule has 2 rings (SSSR count). The van der Waals surface area contributed by atoms with E-state index in [1.165, 1.54) is 24.8 Å². The van der Waals surface area contributed by atoms with Gasteiger partial charge in [0.2, 0.25) is 0 Å². The fourth-order valence-electron chi connectivity index (χ4n) is 2.05. The molecule has 1 saturated carbocycles. The predicted octanol–water partition coefficient (Wildman–Crippen LogP) is 2.50. The maximum Gasteiger partial charge on any atom is 0.128 e. The Morgan fingerprint density at radius 1 is 1.56 bits per heavy atom. The molecule has 0 spiro atoms. The van der Waals surface area contributed by atoms with Gasteiger partial charge in [-0.1, -0.05) is 25.8 Å². The SMILES string of the molecule is CCCNC(CC1CC1)c1cccnc1N. The number of hydrogen-bond acceptors (Lipinski definition) is 3. The minimum Gasteiger partial charge on any atom is -0.383 e. The first kappa shape index (κ1) is 11.4. The number of hydrogen-bond donors (Lipinski definition) is 2. The van der Waals surface area contributed by atoms with Crippen molar-refractivity contribution in [2.24, 2.45) is 5.92 Å². The van der Waals surface area contributed by atoms with Crippen LogP contribution in [0.15, 0.2) is 18.3 Å². The number of nitrogen functional groups attached to an aromatic ring is 1. The Hall–Kier alpha value is -1.09. The summed E-state index contributed by atoms with van der Waals surface area (Å²) in [5.41, 5.74) is 7.11. The predicted molar refractivity (Wildman–Crippen MR) is 67.0 cm³/mol. The van der Waals surface area contributed by atoms with Crippen LogP contribution in [0, 0.1) is 5.92 Å². The molecule has 0 radical (unpaired) electrons. The van der Waals surface area contributed by atoms with Crippen LogP contribution in [0.3, 0.4) is 0 Å². The molecule has 1 unspecified atom stereocenters. The van der Waals surface area contributed by atoms with Gasteiger partial charge >= 0.3 is 0 Å². The molecular weight excluding hydrogens is 198 g/mol. The standard InChI is InChI=1S/C13H21N3/c1-2-7-15-12(9-10-5-6-10)11-4-3-8-16-13(11)14/h3-4,8,10,12,15H,2,5-7,9H2,1H3,(H2,14,16). The van der Waals surface area contributed by atoms with Gasteiger partial charge in [-0.05, 0) is 31.4 Å². The second kappa shape index (κ2) is 5.30. The van der Waals surface area contributed by atoms with Crippen LogP contribution in [0.2, 0.25) is 0 Å². The Balaban J connectivity index is 2.06. The third-order valence-corrected chi connectivity index (χ3v) is 3.15. The fraction of sp³-hybridized carbons (Fsp3) is 0.615. The number of aromatic nitrogens is 1. The molecule has 0 aromatic carbocycles. The lowest BCUT2D eigenvalue weighted by Gasteiger charge is -2.19. The van der Waals surface area contributed by atoms with Gasteiger partial charge in [0.05, 0.1) is 0 Å². The van der Waals surface area contributed by atoms with Gasteiger partial charge in [-0.15, -0.1) is 0 Å². The average molecular weight is 219 g/mol. The van der Waals surface area contributed by atoms with Gasteiger partial charge in [-0.3, -0.25) is 0 Å². The largest absolute Gasteiger partial charge is 0.383 e. The normalized spacial score (nSPS) is 17.3. The number of nitrogens with one attached hydrogen (secondary N) is 1. The van der Waals surface area contributed by atoms with E-state index in [1.807, 2.05) is 6.07 Å². The smallest absolute Gasteiger partial charge is 0.128 e. The average Bonchev–Trinajstić information content (AvgIpc) is 3.09. The van der Waals surface area contributed by atoms with Crippen LogP contribution in [-0.2, 0) is 0 Å². The van der Waals surface area contributed by atoms with Gasteiger partial charge in [0.1, 0.15) is 5.82 Å². The Morgan fingerprint density at radius 3 is 3.00 bits per heavy atom. The zero-order valence-corrected chi connectivity index (χ0v) is 9.95. The highest BCUT2D eigenvalue weighted by Crippen LogP contribution is 2.38. The lowest BCUT2D eigenvalue weighted by atomic mass is 10.0. The molecule has 3 N–H and O–H groups in total. The quantitative estimate of drug-likeness (QED) is 0.773. The van der Waals surface area contributed by atoms with Crippen molar-refractivity contribution < 1.29 is 0 Å².